The van der Waals surface area contributed by atoms with Gasteiger partial charge in [0.15, 0.2) is 0 Å². The van der Waals surface area contributed by atoms with Crippen LogP contribution in [0.1, 0.15) is 0 Å². The summed E-state index contributed by atoms with van der Waals surface area (Å²) in [6.07, 6.45) is 1.94. The van der Waals surface area contributed by atoms with Gasteiger partial charge in [0.05, 0.1) is 16.1 Å². The Balaban J connectivity index is 1.19. The van der Waals surface area contributed by atoms with E-state index in [2.05, 4.69) is 144 Å². The lowest BCUT2D eigenvalue weighted by atomic mass is 10.0. The van der Waals surface area contributed by atoms with Crippen LogP contribution in [0.25, 0.3) is 71.8 Å². The molecule has 0 fully saturated rings. The first-order valence-corrected chi connectivity index (χ1v) is 17.7. The average molecular weight is 641 g/mol. The van der Waals surface area contributed by atoms with Gasteiger partial charge in [-0.3, -0.25) is 4.98 Å². The fourth-order valence-electron chi connectivity index (χ4n) is 6.85. The zero-order chi connectivity index (χ0) is 30.2. The van der Waals surface area contributed by atoms with Crippen LogP contribution in [0.2, 0.25) is 0 Å². The number of hydrogen-bond donors (Lipinski definition) is 0. The highest BCUT2D eigenvalue weighted by atomic mass is 32.1. The Labute approximate surface area is 277 Å². The van der Waals surface area contributed by atoms with Crippen LogP contribution in [0.4, 0.5) is 17.1 Å². The summed E-state index contributed by atoms with van der Waals surface area (Å²) in [5, 5.41) is 7.70. The van der Waals surface area contributed by atoms with Gasteiger partial charge >= 0.3 is 0 Å². The third kappa shape index (κ3) is 3.96. The van der Waals surface area contributed by atoms with Gasteiger partial charge in [-0.25, -0.2) is 0 Å². The molecule has 0 spiro atoms. The number of pyridine rings is 1. The molecule has 10 aromatic rings. The Morgan fingerprint density at radius 1 is 0.435 bits per heavy atom. The Morgan fingerprint density at radius 2 is 1.04 bits per heavy atom. The summed E-state index contributed by atoms with van der Waals surface area (Å²) in [5.74, 6) is 0. The standard InChI is InChI=1S/C41H24N2S3/c1-5-14-35-28(8-1)30-11-7-12-33(41(30)46-35)43(27-20-21-37-32(24-27)29-9-2-4-13-34(29)44-37)26-18-16-25(17-19-26)40-39-31-10-3-6-15-36(31)45-38(39)22-23-42-40/h1-24H. The summed E-state index contributed by atoms with van der Waals surface area (Å²) >= 11 is 5.56. The smallest absolute Gasteiger partial charge is 0.0795 e. The van der Waals surface area contributed by atoms with Crippen molar-refractivity contribution in [3.8, 4) is 11.3 Å². The molecule has 6 aromatic carbocycles. The summed E-state index contributed by atoms with van der Waals surface area (Å²) in [4.78, 5) is 7.34. The first-order chi connectivity index (χ1) is 22.8. The minimum Gasteiger partial charge on any atom is -0.309 e. The lowest BCUT2D eigenvalue weighted by Crippen LogP contribution is -2.10. The molecule has 4 aromatic heterocycles. The Hall–Kier alpha value is -5.07. The third-order valence-corrected chi connectivity index (χ3v) is 12.4. The maximum atomic E-state index is 4.91. The molecule has 0 unspecified atom stereocenters. The van der Waals surface area contributed by atoms with Crippen LogP contribution in [-0.4, -0.2) is 4.98 Å². The summed E-state index contributed by atoms with van der Waals surface area (Å²) in [5.41, 5.74) is 5.62. The number of aromatic nitrogens is 1. The van der Waals surface area contributed by atoms with Crippen LogP contribution in [0, 0.1) is 0 Å². The molecule has 216 valence electrons. The van der Waals surface area contributed by atoms with Gasteiger partial charge in [-0.2, -0.15) is 0 Å². The highest BCUT2D eigenvalue weighted by Crippen LogP contribution is 2.47. The minimum absolute atomic E-state index is 1.03. The molecule has 10 rings (SSSR count). The molecule has 0 saturated carbocycles. The molecular formula is C41H24N2S3. The minimum atomic E-state index is 1.03. The number of benzene rings is 6. The predicted octanol–water partition coefficient (Wildman–Crippen LogP) is 13.3. The van der Waals surface area contributed by atoms with Crippen molar-refractivity contribution < 1.29 is 0 Å². The molecule has 0 bridgehead atoms. The van der Waals surface area contributed by atoms with Crippen LogP contribution in [0.15, 0.2) is 146 Å². The predicted molar refractivity (Wildman–Crippen MR) is 203 cm³/mol. The van der Waals surface area contributed by atoms with Gasteiger partial charge in [0.2, 0.25) is 0 Å². The average Bonchev–Trinajstić information content (AvgIpc) is 3.80. The fourth-order valence-corrected chi connectivity index (χ4v) is 10.2. The molecule has 0 saturated heterocycles. The van der Waals surface area contributed by atoms with Crippen molar-refractivity contribution in [3.05, 3.63) is 146 Å². The van der Waals surface area contributed by atoms with Crippen molar-refractivity contribution in [2.24, 2.45) is 0 Å². The Kier molecular flexibility index (Phi) is 5.82. The van der Waals surface area contributed by atoms with Crippen LogP contribution in [0.3, 0.4) is 0 Å². The van der Waals surface area contributed by atoms with Crippen molar-refractivity contribution in [1.82, 2.24) is 4.98 Å². The largest absolute Gasteiger partial charge is 0.309 e. The SMILES string of the molecule is c1ccc2c(c1)sc1ccc(N(c3ccc(-c4nccc5sc6ccccc6c45)cc3)c3cccc4c3sc3ccccc34)cc12. The Morgan fingerprint density at radius 3 is 1.85 bits per heavy atom. The molecule has 2 nitrogen and oxygen atoms in total. The zero-order valence-corrected chi connectivity index (χ0v) is 26.9. The summed E-state index contributed by atoms with van der Waals surface area (Å²) in [7, 11) is 0. The number of fused-ring (bicyclic) bond motifs is 9. The van der Waals surface area contributed by atoms with E-state index in [0.717, 1.165) is 22.6 Å². The topological polar surface area (TPSA) is 16.1 Å². The Bertz CT molecular complexity index is 2770. The van der Waals surface area contributed by atoms with Gasteiger partial charge in [0.25, 0.3) is 0 Å². The highest BCUT2D eigenvalue weighted by Gasteiger charge is 2.20. The normalized spacial score (nSPS) is 11.9. The van der Waals surface area contributed by atoms with Gasteiger partial charge in [0, 0.05) is 79.0 Å². The monoisotopic (exact) mass is 640 g/mol. The van der Waals surface area contributed by atoms with E-state index in [1.54, 1.807) is 0 Å². The second-order valence-corrected chi connectivity index (χ2v) is 14.8. The van der Waals surface area contributed by atoms with E-state index in [9.17, 15) is 0 Å². The van der Waals surface area contributed by atoms with E-state index < -0.39 is 0 Å². The first kappa shape index (κ1) is 26.2. The van der Waals surface area contributed by atoms with Crippen LogP contribution < -0.4 is 4.90 Å². The van der Waals surface area contributed by atoms with Crippen LogP contribution in [-0.2, 0) is 0 Å². The maximum Gasteiger partial charge on any atom is 0.0795 e. The fraction of sp³-hybridized carbons (Fsp3) is 0. The highest BCUT2D eigenvalue weighted by molar-refractivity contribution is 7.27. The number of nitrogens with zero attached hydrogens (tertiary/aromatic N) is 2. The molecular weight excluding hydrogens is 617 g/mol. The molecule has 0 aliphatic heterocycles. The van der Waals surface area contributed by atoms with Gasteiger partial charge in [0.1, 0.15) is 0 Å². The van der Waals surface area contributed by atoms with Crippen LogP contribution in [0.5, 0.6) is 0 Å². The molecule has 0 aliphatic carbocycles. The molecule has 46 heavy (non-hydrogen) atoms. The van der Waals surface area contributed by atoms with Gasteiger partial charge < -0.3 is 4.90 Å². The number of hydrogen-bond acceptors (Lipinski definition) is 5. The van der Waals surface area contributed by atoms with Crippen molar-refractivity contribution in [2.45, 2.75) is 0 Å². The number of thiophene rings is 3. The van der Waals surface area contributed by atoms with Gasteiger partial charge in [-0.05, 0) is 60.7 Å². The zero-order valence-electron chi connectivity index (χ0n) is 24.5. The van der Waals surface area contributed by atoms with Crippen molar-refractivity contribution in [3.63, 3.8) is 0 Å². The second-order valence-electron chi connectivity index (χ2n) is 11.5. The maximum absolute atomic E-state index is 4.91. The van der Waals surface area contributed by atoms with Crippen molar-refractivity contribution >= 4 is 112 Å². The van der Waals surface area contributed by atoms with E-state index in [0.29, 0.717) is 0 Å². The van der Waals surface area contributed by atoms with E-state index in [1.165, 1.54) is 66.2 Å². The van der Waals surface area contributed by atoms with Crippen molar-refractivity contribution in [1.29, 1.82) is 0 Å². The molecule has 0 aliphatic rings. The molecule has 4 heterocycles. The van der Waals surface area contributed by atoms with Crippen molar-refractivity contribution in [2.75, 3.05) is 4.90 Å². The summed E-state index contributed by atoms with van der Waals surface area (Å²) < 4.78 is 7.79. The lowest BCUT2D eigenvalue weighted by Gasteiger charge is -2.26. The summed E-state index contributed by atoms with van der Waals surface area (Å²) in [6, 6.07) is 50.9. The molecule has 0 amide bonds. The molecule has 5 heteroatoms. The summed E-state index contributed by atoms with van der Waals surface area (Å²) in [6.45, 7) is 0. The molecule has 0 radical (unpaired) electrons. The third-order valence-electron chi connectivity index (χ3n) is 8.93. The van der Waals surface area contributed by atoms with Crippen LogP contribution >= 0.6 is 34.0 Å². The van der Waals surface area contributed by atoms with Gasteiger partial charge in [-0.15, -0.1) is 34.0 Å². The number of anilines is 3. The van der Waals surface area contributed by atoms with E-state index in [-0.39, 0.29) is 0 Å². The lowest BCUT2D eigenvalue weighted by molar-refractivity contribution is 1.30. The van der Waals surface area contributed by atoms with E-state index in [1.807, 2.05) is 40.2 Å². The van der Waals surface area contributed by atoms with E-state index in [4.69, 9.17) is 4.98 Å². The molecule has 0 N–H and O–H groups in total. The molecule has 0 atom stereocenters. The quantitative estimate of drug-likeness (QED) is 0.190. The second kappa shape index (κ2) is 10.2. The number of rotatable bonds is 4. The first-order valence-electron chi connectivity index (χ1n) is 15.3. The van der Waals surface area contributed by atoms with E-state index >= 15 is 0 Å². The van der Waals surface area contributed by atoms with Gasteiger partial charge in [-0.1, -0.05) is 78.9 Å².